The van der Waals surface area contributed by atoms with E-state index in [1.54, 1.807) is 26.0 Å². The van der Waals surface area contributed by atoms with Gasteiger partial charge in [-0.1, -0.05) is 48.5 Å². The second-order valence-corrected chi connectivity index (χ2v) is 14.1. The van der Waals surface area contributed by atoms with Crippen LogP contribution in [0.2, 0.25) is 0 Å². The third-order valence-electron chi connectivity index (χ3n) is 7.79. The van der Waals surface area contributed by atoms with E-state index in [1.165, 1.54) is 60.7 Å². The molecule has 0 aromatic heterocycles. The first-order valence-corrected chi connectivity index (χ1v) is 17.9. The first-order chi connectivity index (χ1) is 25.4. The van der Waals surface area contributed by atoms with Crippen molar-refractivity contribution in [1.29, 1.82) is 0 Å². The molecular formula is C34H24CaN6O12S2. The van der Waals surface area contributed by atoms with Gasteiger partial charge in [0.15, 0.2) is 11.4 Å². The van der Waals surface area contributed by atoms with Crippen molar-refractivity contribution in [3.05, 3.63) is 128 Å². The van der Waals surface area contributed by atoms with Gasteiger partial charge < -0.3 is 19.3 Å². The summed E-state index contributed by atoms with van der Waals surface area (Å²) in [6.45, 7) is 3.23. The van der Waals surface area contributed by atoms with Crippen LogP contribution >= 0.6 is 0 Å². The molecule has 0 unspecified atom stereocenters. The molecule has 6 aromatic rings. The molecule has 18 nitrogen and oxygen atoms in total. The standard InChI is InChI=1S/2C17H13N3O6S.Ca/c2*1-10-3-2-4-14(20(22)23)16(10)18-19-17-13-9-12(27(24,25)26)7-5-11(13)6-8-15(17)21;/h2*2-9,21H,1H3,(H,24,25,26);/q;;+2/p-2. The number of phenolic OH excluding ortho intramolecular Hbond substituents is 2. The summed E-state index contributed by atoms with van der Waals surface area (Å²) in [4.78, 5) is 20.2. The van der Waals surface area contributed by atoms with Gasteiger partial charge in [0.1, 0.15) is 43.1 Å². The summed E-state index contributed by atoms with van der Waals surface area (Å²) in [5.74, 6) is -0.633. The smallest absolute Gasteiger partial charge is 0.744 e. The molecule has 6 aromatic carbocycles. The number of nitrogens with zero attached hydrogens (tertiary/aromatic N) is 6. The van der Waals surface area contributed by atoms with E-state index in [4.69, 9.17) is 0 Å². The van der Waals surface area contributed by atoms with Crippen LogP contribution in [0.1, 0.15) is 11.1 Å². The van der Waals surface area contributed by atoms with Crippen LogP contribution in [0.5, 0.6) is 11.5 Å². The van der Waals surface area contributed by atoms with Gasteiger partial charge in [-0.15, -0.1) is 20.5 Å². The second-order valence-electron chi connectivity index (χ2n) is 11.3. The Hall–Kier alpha value is -5.48. The van der Waals surface area contributed by atoms with Crippen molar-refractivity contribution in [1.82, 2.24) is 0 Å². The largest absolute Gasteiger partial charge is 2.00 e. The molecule has 0 saturated carbocycles. The SMILES string of the molecule is Cc1cccc([N+](=O)[O-])c1N=Nc1c(O)ccc2ccc(S(=O)(=O)[O-])cc12.Cc1cccc([N+](=O)[O-])c1N=Nc1c(O)ccc2ccc(S(=O)(=O)[O-])cc12.[Ca+2]. The summed E-state index contributed by atoms with van der Waals surface area (Å²) < 4.78 is 67.6. The first-order valence-electron chi connectivity index (χ1n) is 15.1. The minimum absolute atomic E-state index is 0. The quantitative estimate of drug-likeness (QED) is 0.0489. The molecule has 0 aliphatic rings. The van der Waals surface area contributed by atoms with Crippen LogP contribution in [-0.4, -0.2) is 83.7 Å². The Morgan fingerprint density at radius 2 is 0.855 bits per heavy atom. The van der Waals surface area contributed by atoms with E-state index >= 15 is 0 Å². The van der Waals surface area contributed by atoms with Crippen LogP contribution in [0, 0.1) is 34.1 Å². The summed E-state index contributed by atoms with van der Waals surface area (Å²) in [6.07, 6.45) is 0. The van der Waals surface area contributed by atoms with Gasteiger partial charge in [-0.25, -0.2) is 16.8 Å². The third kappa shape index (κ3) is 9.61. The van der Waals surface area contributed by atoms with E-state index in [1.807, 2.05) is 0 Å². The summed E-state index contributed by atoms with van der Waals surface area (Å²) in [7, 11) is -9.42. The van der Waals surface area contributed by atoms with Gasteiger partial charge in [-0.05, 0) is 72.1 Å². The van der Waals surface area contributed by atoms with Gasteiger partial charge in [0.2, 0.25) is 0 Å². The van der Waals surface area contributed by atoms with Crippen molar-refractivity contribution in [2.45, 2.75) is 23.6 Å². The molecule has 0 saturated heterocycles. The number of aromatic hydroxyl groups is 2. The summed E-state index contributed by atoms with van der Waals surface area (Å²) in [6, 6.07) is 21.7. The fourth-order valence-corrected chi connectivity index (χ4v) is 6.10. The number of phenols is 2. The fraction of sp³-hybridized carbons (Fsp3) is 0.0588. The molecule has 0 radical (unpaired) electrons. The van der Waals surface area contributed by atoms with E-state index in [-0.39, 0.29) is 94.1 Å². The fourth-order valence-electron chi connectivity index (χ4n) is 5.11. The number of nitro benzene ring substituents is 2. The maximum Gasteiger partial charge on any atom is 2.00 e. The molecule has 0 fully saturated rings. The zero-order chi connectivity index (χ0) is 39.5. The van der Waals surface area contributed by atoms with Gasteiger partial charge in [0.05, 0.1) is 19.6 Å². The van der Waals surface area contributed by atoms with E-state index < -0.39 is 39.9 Å². The second kappa shape index (κ2) is 16.9. The first kappa shape index (κ1) is 42.3. The van der Waals surface area contributed by atoms with Gasteiger partial charge in [-0.3, -0.25) is 20.2 Å². The predicted octanol–water partition coefficient (Wildman–Crippen LogP) is 7.78. The molecule has 2 N–H and O–H groups in total. The van der Waals surface area contributed by atoms with Crippen molar-refractivity contribution >= 4 is 114 Å². The van der Waals surface area contributed by atoms with E-state index in [0.29, 0.717) is 21.9 Å². The molecule has 21 heteroatoms. The normalized spacial score (nSPS) is 11.7. The van der Waals surface area contributed by atoms with Crippen LogP contribution < -0.4 is 0 Å². The molecule has 0 bridgehead atoms. The van der Waals surface area contributed by atoms with Gasteiger partial charge in [0.25, 0.3) is 11.4 Å². The van der Waals surface area contributed by atoms with Crippen molar-refractivity contribution in [2.75, 3.05) is 0 Å². The van der Waals surface area contributed by atoms with Crippen LogP contribution in [0.25, 0.3) is 21.5 Å². The number of benzene rings is 6. The van der Waals surface area contributed by atoms with Crippen molar-refractivity contribution in [3.8, 4) is 11.5 Å². The Labute approximate surface area is 341 Å². The molecule has 276 valence electrons. The van der Waals surface area contributed by atoms with Crippen molar-refractivity contribution in [3.63, 3.8) is 0 Å². The summed E-state index contributed by atoms with van der Waals surface area (Å²) >= 11 is 0. The number of fused-ring (bicyclic) bond motifs is 2. The minimum atomic E-state index is -4.71. The zero-order valence-corrected chi connectivity index (χ0v) is 32.3. The Balaban J connectivity index is 0.000000240. The maximum atomic E-state index is 11.3. The van der Waals surface area contributed by atoms with Gasteiger partial charge in [0, 0.05) is 22.9 Å². The Kier molecular flexibility index (Phi) is 13.0. The van der Waals surface area contributed by atoms with E-state index in [9.17, 15) is 56.4 Å². The number of aryl methyl sites for hydroxylation is 2. The van der Waals surface area contributed by atoms with Gasteiger partial charge >= 0.3 is 37.7 Å². The number of rotatable bonds is 8. The average Bonchev–Trinajstić information content (AvgIpc) is 3.10. The van der Waals surface area contributed by atoms with Crippen LogP contribution in [0.3, 0.4) is 0 Å². The molecule has 0 aliphatic carbocycles. The Bertz CT molecular complexity index is 2610. The van der Waals surface area contributed by atoms with Crippen molar-refractivity contribution < 1.29 is 46.0 Å². The average molecular weight is 813 g/mol. The molecular weight excluding hydrogens is 789 g/mol. The minimum Gasteiger partial charge on any atom is -0.744 e. The molecule has 6 rings (SSSR count). The maximum absolute atomic E-state index is 11.3. The van der Waals surface area contributed by atoms with E-state index in [2.05, 4.69) is 20.5 Å². The summed E-state index contributed by atoms with van der Waals surface area (Å²) in [5.41, 5.74) is 0.276. The van der Waals surface area contributed by atoms with Crippen LogP contribution in [-0.2, 0) is 20.2 Å². The molecule has 0 amide bonds. The van der Waals surface area contributed by atoms with E-state index in [0.717, 1.165) is 24.3 Å². The van der Waals surface area contributed by atoms with Crippen molar-refractivity contribution in [2.24, 2.45) is 20.5 Å². The number of azo groups is 2. The van der Waals surface area contributed by atoms with Crippen LogP contribution in [0.15, 0.2) is 127 Å². The predicted molar refractivity (Wildman–Crippen MR) is 197 cm³/mol. The van der Waals surface area contributed by atoms with Crippen LogP contribution in [0.4, 0.5) is 34.1 Å². The number of hydrogen-bond donors (Lipinski definition) is 2. The van der Waals surface area contributed by atoms with Gasteiger partial charge in [-0.2, -0.15) is 0 Å². The summed E-state index contributed by atoms with van der Waals surface area (Å²) in [5, 5.41) is 59.5. The molecule has 0 spiro atoms. The molecule has 0 atom stereocenters. The number of hydrogen-bond acceptors (Lipinski definition) is 16. The Morgan fingerprint density at radius 3 is 1.18 bits per heavy atom. The molecule has 55 heavy (non-hydrogen) atoms. The molecule has 0 heterocycles. The zero-order valence-electron chi connectivity index (χ0n) is 28.4. The number of nitro groups is 2. The molecule has 0 aliphatic heterocycles. The Morgan fingerprint density at radius 1 is 0.527 bits per heavy atom. The third-order valence-corrected chi connectivity index (χ3v) is 9.45. The monoisotopic (exact) mass is 812 g/mol. The topological polar surface area (TPSA) is 291 Å².